The molecule has 2 unspecified atom stereocenters. The second kappa shape index (κ2) is 7.93. The number of alkyl carbamates (subject to hydrolysis) is 1. The summed E-state index contributed by atoms with van der Waals surface area (Å²) in [6.45, 7) is 12.7. The summed E-state index contributed by atoms with van der Waals surface area (Å²) in [5.74, 6) is -1.13. The van der Waals surface area contributed by atoms with E-state index in [1.165, 1.54) is 4.90 Å². The normalized spacial score (nSPS) is 20.8. The smallest absolute Gasteiger partial charge is 0.410 e. The molecular formula is C17H30N2O6. The van der Waals surface area contributed by atoms with Gasteiger partial charge in [-0.05, 0) is 48.5 Å². The Morgan fingerprint density at radius 1 is 1.00 bits per heavy atom. The largest absolute Gasteiger partial charge is 0.466 e. The molecule has 0 bridgehead atoms. The molecule has 0 radical (unpaired) electrons. The summed E-state index contributed by atoms with van der Waals surface area (Å²) in [6.07, 6.45) is -1.17. The molecule has 0 spiro atoms. The van der Waals surface area contributed by atoms with Gasteiger partial charge in [0.05, 0.1) is 18.6 Å². The lowest BCUT2D eigenvalue weighted by molar-refractivity contribution is -0.148. The van der Waals surface area contributed by atoms with Gasteiger partial charge in [-0.1, -0.05) is 0 Å². The molecule has 8 heteroatoms. The van der Waals surface area contributed by atoms with Crippen LogP contribution in [0.15, 0.2) is 0 Å². The van der Waals surface area contributed by atoms with E-state index < -0.39 is 41.3 Å². The minimum atomic E-state index is -0.667. The lowest BCUT2D eigenvalue weighted by Crippen LogP contribution is -2.45. The van der Waals surface area contributed by atoms with Gasteiger partial charge in [0.15, 0.2) is 0 Å². The van der Waals surface area contributed by atoms with Gasteiger partial charge in [-0.3, -0.25) is 4.79 Å². The topological polar surface area (TPSA) is 94.2 Å². The highest BCUT2D eigenvalue weighted by Gasteiger charge is 2.43. The van der Waals surface area contributed by atoms with E-state index in [2.05, 4.69) is 5.32 Å². The third kappa shape index (κ3) is 7.19. The summed E-state index contributed by atoms with van der Waals surface area (Å²) < 4.78 is 15.6. The molecule has 144 valence electrons. The number of esters is 1. The molecule has 0 aromatic rings. The van der Waals surface area contributed by atoms with Crippen LogP contribution >= 0.6 is 0 Å². The van der Waals surface area contributed by atoms with E-state index in [4.69, 9.17) is 14.2 Å². The standard InChI is InChI=1S/C17H30N2O6/c1-8-23-13(20)11-9-19(15(22)25-17(5,6)7)10-12(11)18-14(21)24-16(2,3)4/h11-12H,8-10H2,1-7H3,(H,18,21). The van der Waals surface area contributed by atoms with E-state index in [1.807, 2.05) is 0 Å². The highest BCUT2D eigenvalue weighted by atomic mass is 16.6. The zero-order valence-corrected chi connectivity index (χ0v) is 16.2. The van der Waals surface area contributed by atoms with Gasteiger partial charge in [0.2, 0.25) is 0 Å². The Balaban J connectivity index is 2.82. The number of ether oxygens (including phenoxy) is 3. The third-order valence-corrected chi connectivity index (χ3v) is 3.26. The van der Waals surface area contributed by atoms with E-state index in [-0.39, 0.29) is 19.7 Å². The van der Waals surface area contributed by atoms with Crippen LogP contribution in [-0.2, 0) is 19.0 Å². The number of nitrogens with zero attached hydrogens (tertiary/aromatic N) is 1. The van der Waals surface area contributed by atoms with Crippen molar-refractivity contribution in [3.8, 4) is 0 Å². The summed E-state index contributed by atoms with van der Waals surface area (Å²) in [5.41, 5.74) is -1.31. The average Bonchev–Trinajstić information content (AvgIpc) is 2.78. The van der Waals surface area contributed by atoms with Crippen molar-refractivity contribution >= 4 is 18.2 Å². The van der Waals surface area contributed by atoms with E-state index in [9.17, 15) is 14.4 Å². The molecule has 0 aromatic heterocycles. The Morgan fingerprint density at radius 2 is 1.56 bits per heavy atom. The SMILES string of the molecule is CCOC(=O)C1CN(C(=O)OC(C)(C)C)CC1NC(=O)OC(C)(C)C. The lowest BCUT2D eigenvalue weighted by Gasteiger charge is -2.24. The molecular weight excluding hydrogens is 328 g/mol. The van der Waals surface area contributed by atoms with Crippen LogP contribution in [-0.4, -0.2) is 60.0 Å². The highest BCUT2D eigenvalue weighted by molar-refractivity contribution is 5.78. The molecule has 8 nitrogen and oxygen atoms in total. The third-order valence-electron chi connectivity index (χ3n) is 3.26. The quantitative estimate of drug-likeness (QED) is 0.614. The monoisotopic (exact) mass is 358 g/mol. The maximum absolute atomic E-state index is 12.3. The highest BCUT2D eigenvalue weighted by Crippen LogP contribution is 2.22. The van der Waals surface area contributed by atoms with Gasteiger partial charge in [-0.25, -0.2) is 9.59 Å². The Bertz CT molecular complexity index is 506. The number of hydrogen-bond donors (Lipinski definition) is 1. The van der Waals surface area contributed by atoms with Gasteiger partial charge in [0, 0.05) is 13.1 Å². The average molecular weight is 358 g/mol. The maximum Gasteiger partial charge on any atom is 0.410 e. The van der Waals surface area contributed by atoms with Gasteiger partial charge in [-0.15, -0.1) is 0 Å². The van der Waals surface area contributed by atoms with Crippen molar-refractivity contribution in [1.82, 2.24) is 10.2 Å². The predicted molar refractivity (Wildman–Crippen MR) is 91.1 cm³/mol. The number of hydrogen-bond acceptors (Lipinski definition) is 6. The molecule has 0 aromatic carbocycles. The van der Waals surface area contributed by atoms with E-state index in [0.717, 1.165) is 0 Å². The zero-order chi connectivity index (χ0) is 19.4. The fourth-order valence-corrected chi connectivity index (χ4v) is 2.37. The van der Waals surface area contributed by atoms with Gasteiger partial charge >= 0.3 is 18.2 Å². The molecule has 25 heavy (non-hydrogen) atoms. The Morgan fingerprint density at radius 3 is 2.04 bits per heavy atom. The number of carbonyl (C=O) groups is 3. The number of likely N-dealkylation sites (tertiary alicyclic amines) is 1. The summed E-state index contributed by atoms with van der Waals surface area (Å²) in [6, 6.07) is -0.596. The molecule has 1 fully saturated rings. The van der Waals surface area contributed by atoms with Crippen molar-refractivity contribution in [1.29, 1.82) is 0 Å². The van der Waals surface area contributed by atoms with Gasteiger partial charge in [0.25, 0.3) is 0 Å². The first-order valence-electron chi connectivity index (χ1n) is 8.46. The molecule has 1 heterocycles. The summed E-state index contributed by atoms with van der Waals surface area (Å²) in [4.78, 5) is 37.9. The second-order valence-electron chi connectivity index (χ2n) is 8.00. The Kier molecular flexibility index (Phi) is 6.68. The molecule has 1 saturated heterocycles. The zero-order valence-electron chi connectivity index (χ0n) is 16.2. The summed E-state index contributed by atoms with van der Waals surface area (Å²) >= 11 is 0. The lowest BCUT2D eigenvalue weighted by atomic mass is 10.0. The number of carbonyl (C=O) groups excluding carboxylic acids is 3. The Labute approximate surface area is 149 Å². The van der Waals surface area contributed by atoms with E-state index in [0.29, 0.717) is 0 Å². The van der Waals surface area contributed by atoms with Crippen LogP contribution < -0.4 is 5.32 Å². The molecule has 0 aliphatic carbocycles. The molecule has 1 N–H and O–H groups in total. The number of nitrogens with one attached hydrogen (secondary N) is 1. The van der Waals surface area contributed by atoms with Crippen LogP contribution in [0.1, 0.15) is 48.5 Å². The molecule has 1 aliphatic heterocycles. The summed E-state index contributed by atoms with van der Waals surface area (Å²) in [7, 11) is 0. The van der Waals surface area contributed by atoms with Crippen LogP contribution in [0.3, 0.4) is 0 Å². The predicted octanol–water partition coefficient (Wildman–Crippen LogP) is 2.31. The molecule has 1 aliphatic rings. The van der Waals surface area contributed by atoms with Gasteiger partial charge in [-0.2, -0.15) is 0 Å². The first-order chi connectivity index (χ1) is 11.3. The molecule has 2 atom stereocenters. The first kappa shape index (κ1) is 21.1. The van der Waals surface area contributed by atoms with Crippen molar-refractivity contribution in [2.24, 2.45) is 5.92 Å². The Hall–Kier alpha value is -1.99. The first-order valence-corrected chi connectivity index (χ1v) is 8.46. The van der Waals surface area contributed by atoms with Crippen LogP contribution in [0.5, 0.6) is 0 Å². The minimum Gasteiger partial charge on any atom is -0.466 e. The number of rotatable bonds is 3. The van der Waals surface area contributed by atoms with Crippen molar-refractivity contribution in [3.63, 3.8) is 0 Å². The fraction of sp³-hybridized carbons (Fsp3) is 0.824. The number of amides is 2. The summed E-state index contributed by atoms with van der Waals surface area (Å²) in [5, 5.41) is 2.66. The van der Waals surface area contributed by atoms with Crippen molar-refractivity contribution in [2.75, 3.05) is 19.7 Å². The van der Waals surface area contributed by atoms with Gasteiger partial charge < -0.3 is 24.4 Å². The van der Waals surface area contributed by atoms with Gasteiger partial charge in [0.1, 0.15) is 11.2 Å². The molecule has 0 saturated carbocycles. The van der Waals surface area contributed by atoms with Crippen LogP contribution in [0, 0.1) is 5.92 Å². The molecule has 1 rings (SSSR count). The van der Waals surface area contributed by atoms with Crippen LogP contribution in [0.25, 0.3) is 0 Å². The second-order valence-corrected chi connectivity index (χ2v) is 8.00. The van der Waals surface area contributed by atoms with Crippen molar-refractivity contribution in [3.05, 3.63) is 0 Å². The van der Waals surface area contributed by atoms with E-state index in [1.54, 1.807) is 48.5 Å². The minimum absolute atomic E-state index is 0.119. The van der Waals surface area contributed by atoms with Crippen molar-refractivity contribution in [2.45, 2.75) is 65.7 Å². The van der Waals surface area contributed by atoms with Crippen molar-refractivity contribution < 1.29 is 28.6 Å². The maximum atomic E-state index is 12.3. The fourth-order valence-electron chi connectivity index (χ4n) is 2.37. The van der Waals surface area contributed by atoms with E-state index >= 15 is 0 Å². The molecule has 2 amide bonds. The van der Waals surface area contributed by atoms with Crippen LogP contribution in [0.2, 0.25) is 0 Å². The van der Waals surface area contributed by atoms with Crippen LogP contribution in [0.4, 0.5) is 9.59 Å².